The van der Waals surface area contributed by atoms with Gasteiger partial charge in [-0.25, -0.2) is 0 Å². The second-order valence-electron chi connectivity index (χ2n) is 5.94. The lowest BCUT2D eigenvalue weighted by molar-refractivity contribution is 0.295. The van der Waals surface area contributed by atoms with Crippen LogP contribution in [0.25, 0.3) is 0 Å². The van der Waals surface area contributed by atoms with Crippen LogP contribution in [0.15, 0.2) is 53.5 Å². The van der Waals surface area contributed by atoms with Crippen molar-refractivity contribution in [3.05, 3.63) is 59.7 Å². The van der Waals surface area contributed by atoms with E-state index in [1.54, 1.807) is 7.11 Å². The highest BCUT2D eigenvalue weighted by atomic mass is 127. The fourth-order valence-corrected chi connectivity index (χ4v) is 2.58. The number of anilines is 1. The summed E-state index contributed by atoms with van der Waals surface area (Å²) in [6, 6.07) is 16.1. The van der Waals surface area contributed by atoms with Gasteiger partial charge in [-0.15, -0.1) is 24.0 Å². The van der Waals surface area contributed by atoms with Crippen LogP contribution in [0.1, 0.15) is 17.2 Å². The highest BCUT2D eigenvalue weighted by Crippen LogP contribution is 2.28. The number of para-hydroxylation sites is 1. The van der Waals surface area contributed by atoms with Crippen LogP contribution in [-0.4, -0.2) is 38.6 Å². The van der Waals surface area contributed by atoms with E-state index in [2.05, 4.69) is 21.3 Å². The van der Waals surface area contributed by atoms with E-state index in [0.717, 1.165) is 17.0 Å². The van der Waals surface area contributed by atoms with E-state index >= 15 is 0 Å². The van der Waals surface area contributed by atoms with Crippen molar-refractivity contribution in [2.75, 3.05) is 33.1 Å². The highest BCUT2D eigenvalue weighted by Gasteiger charge is 2.17. The predicted octanol–water partition coefficient (Wildman–Crippen LogP) is 3.65. The van der Waals surface area contributed by atoms with Gasteiger partial charge in [-0.05, 0) is 44.8 Å². The Kier molecular flexibility index (Phi) is 8.71. The Morgan fingerprint density at radius 3 is 2.56 bits per heavy atom. The van der Waals surface area contributed by atoms with Gasteiger partial charge in [0.2, 0.25) is 0 Å². The molecule has 1 unspecified atom stereocenters. The molecule has 136 valence electrons. The second-order valence-corrected chi connectivity index (χ2v) is 5.94. The standard InChI is InChI=1S/C19H26N4O.HI/c1-14-8-7-9-15(12-14)22-19(20)21-13-17(23(2)3)16-10-5-6-11-18(16)24-4;/h5-12,17H,13H2,1-4H3,(H3,20,21,22);1H. The van der Waals surface area contributed by atoms with E-state index in [1.807, 2.05) is 63.5 Å². The number of methoxy groups -OCH3 is 1. The molecule has 3 N–H and O–H groups in total. The van der Waals surface area contributed by atoms with Crippen molar-refractivity contribution in [2.45, 2.75) is 13.0 Å². The first-order valence-corrected chi connectivity index (χ1v) is 7.94. The summed E-state index contributed by atoms with van der Waals surface area (Å²) in [6.07, 6.45) is 0. The van der Waals surface area contributed by atoms with Crippen LogP contribution in [0.2, 0.25) is 0 Å². The Bertz CT molecular complexity index is 703. The molecule has 2 aromatic rings. The van der Waals surface area contributed by atoms with E-state index in [9.17, 15) is 0 Å². The average molecular weight is 454 g/mol. The molecule has 0 bridgehead atoms. The van der Waals surface area contributed by atoms with Gasteiger partial charge in [-0.3, -0.25) is 4.99 Å². The van der Waals surface area contributed by atoms with Gasteiger partial charge in [0.05, 0.1) is 19.7 Å². The summed E-state index contributed by atoms with van der Waals surface area (Å²) in [5, 5.41) is 3.14. The summed E-state index contributed by atoms with van der Waals surface area (Å²) in [5.74, 6) is 1.26. The average Bonchev–Trinajstić information content (AvgIpc) is 2.55. The van der Waals surface area contributed by atoms with Gasteiger partial charge in [0.1, 0.15) is 5.75 Å². The highest BCUT2D eigenvalue weighted by molar-refractivity contribution is 14.0. The zero-order valence-corrected chi connectivity index (χ0v) is 17.5. The largest absolute Gasteiger partial charge is 0.496 e. The molecule has 25 heavy (non-hydrogen) atoms. The zero-order chi connectivity index (χ0) is 17.5. The molecule has 5 nitrogen and oxygen atoms in total. The van der Waals surface area contributed by atoms with Gasteiger partial charge >= 0.3 is 0 Å². The molecule has 0 amide bonds. The van der Waals surface area contributed by atoms with Crippen LogP contribution in [0.4, 0.5) is 5.69 Å². The first-order valence-electron chi connectivity index (χ1n) is 7.94. The summed E-state index contributed by atoms with van der Waals surface area (Å²) in [7, 11) is 5.73. The number of benzene rings is 2. The number of nitrogens with one attached hydrogen (secondary N) is 1. The maximum Gasteiger partial charge on any atom is 0.193 e. The first-order chi connectivity index (χ1) is 11.5. The van der Waals surface area contributed by atoms with E-state index in [4.69, 9.17) is 10.5 Å². The molecule has 0 saturated heterocycles. The van der Waals surface area contributed by atoms with E-state index in [0.29, 0.717) is 12.5 Å². The maximum atomic E-state index is 6.04. The van der Waals surface area contributed by atoms with Gasteiger partial charge < -0.3 is 20.7 Å². The Balaban J connectivity index is 0.00000312. The number of likely N-dealkylation sites (N-methyl/N-ethyl adjacent to an activating group) is 1. The minimum Gasteiger partial charge on any atom is -0.496 e. The van der Waals surface area contributed by atoms with Gasteiger partial charge in [0, 0.05) is 11.3 Å². The minimum atomic E-state index is 0. The SMILES string of the molecule is COc1ccccc1C(CN=C(N)Nc1cccc(C)c1)N(C)C.I. The molecular formula is C19H27IN4O. The summed E-state index contributed by atoms with van der Waals surface area (Å²) in [6.45, 7) is 2.58. The molecule has 2 aromatic carbocycles. The molecule has 0 saturated carbocycles. The van der Waals surface area contributed by atoms with Gasteiger partial charge in [-0.2, -0.15) is 0 Å². The third-order valence-electron chi connectivity index (χ3n) is 3.85. The Labute approximate surface area is 167 Å². The summed E-state index contributed by atoms with van der Waals surface area (Å²) in [4.78, 5) is 6.62. The molecule has 0 heterocycles. The van der Waals surface area contributed by atoms with Crippen molar-refractivity contribution in [3.63, 3.8) is 0 Å². The van der Waals surface area contributed by atoms with E-state index in [1.165, 1.54) is 5.56 Å². The van der Waals surface area contributed by atoms with Crippen molar-refractivity contribution < 1.29 is 4.74 Å². The molecule has 0 spiro atoms. The molecular weight excluding hydrogens is 427 g/mol. The number of guanidine groups is 1. The van der Waals surface area contributed by atoms with Crippen molar-refractivity contribution in [2.24, 2.45) is 10.7 Å². The fourth-order valence-electron chi connectivity index (χ4n) is 2.58. The summed E-state index contributed by atoms with van der Waals surface area (Å²) < 4.78 is 5.47. The first kappa shape index (κ1) is 21.2. The second kappa shape index (κ2) is 10.2. The van der Waals surface area contributed by atoms with Crippen LogP contribution >= 0.6 is 24.0 Å². The fraction of sp³-hybridized carbons (Fsp3) is 0.316. The third-order valence-corrected chi connectivity index (χ3v) is 3.85. The van der Waals surface area contributed by atoms with Crippen molar-refractivity contribution in [1.29, 1.82) is 0 Å². The number of halogens is 1. The number of nitrogens with two attached hydrogens (primary N) is 1. The molecule has 0 radical (unpaired) electrons. The van der Waals surface area contributed by atoms with Crippen LogP contribution < -0.4 is 15.8 Å². The molecule has 2 rings (SSSR count). The van der Waals surface area contributed by atoms with Crippen molar-refractivity contribution >= 4 is 35.6 Å². The maximum absolute atomic E-state index is 6.04. The molecule has 0 aliphatic rings. The van der Waals surface area contributed by atoms with Crippen molar-refractivity contribution in [3.8, 4) is 5.75 Å². The number of nitrogens with zero attached hydrogens (tertiary/aromatic N) is 2. The van der Waals surface area contributed by atoms with Gasteiger partial charge in [-0.1, -0.05) is 30.3 Å². The van der Waals surface area contributed by atoms with Crippen LogP contribution in [0, 0.1) is 6.92 Å². The van der Waals surface area contributed by atoms with Gasteiger partial charge in [0.15, 0.2) is 5.96 Å². The van der Waals surface area contributed by atoms with Crippen molar-refractivity contribution in [1.82, 2.24) is 4.90 Å². The quantitative estimate of drug-likeness (QED) is 0.398. The number of hydrogen-bond donors (Lipinski definition) is 2. The van der Waals surface area contributed by atoms with E-state index < -0.39 is 0 Å². The molecule has 0 aromatic heterocycles. The van der Waals surface area contributed by atoms with Crippen LogP contribution in [-0.2, 0) is 0 Å². The van der Waals surface area contributed by atoms with Crippen LogP contribution in [0.5, 0.6) is 5.75 Å². The summed E-state index contributed by atoms with van der Waals surface area (Å²) in [5.41, 5.74) is 9.25. The predicted molar refractivity (Wildman–Crippen MR) is 116 cm³/mol. The van der Waals surface area contributed by atoms with Crippen LogP contribution in [0.3, 0.4) is 0 Å². The zero-order valence-electron chi connectivity index (χ0n) is 15.2. The molecule has 0 aliphatic heterocycles. The third kappa shape index (κ3) is 6.21. The molecule has 6 heteroatoms. The number of aryl methyl sites for hydroxylation is 1. The lowest BCUT2D eigenvalue weighted by atomic mass is 10.0. The molecule has 1 atom stereocenters. The number of hydrogen-bond acceptors (Lipinski definition) is 3. The molecule has 0 fully saturated rings. The number of rotatable bonds is 6. The smallest absolute Gasteiger partial charge is 0.193 e. The Hall–Kier alpha value is -1.80. The monoisotopic (exact) mass is 454 g/mol. The van der Waals surface area contributed by atoms with Gasteiger partial charge in [0.25, 0.3) is 0 Å². The normalized spacial score (nSPS) is 12.4. The number of ether oxygens (including phenoxy) is 1. The topological polar surface area (TPSA) is 62.9 Å². The lowest BCUT2D eigenvalue weighted by Gasteiger charge is -2.25. The molecule has 0 aliphatic carbocycles. The van der Waals surface area contributed by atoms with E-state index in [-0.39, 0.29) is 30.0 Å². The minimum absolute atomic E-state index is 0. The lowest BCUT2D eigenvalue weighted by Crippen LogP contribution is -2.27. The summed E-state index contributed by atoms with van der Waals surface area (Å²) >= 11 is 0. The Morgan fingerprint density at radius 2 is 1.92 bits per heavy atom. The number of aliphatic imine (C=N–C) groups is 1. The Morgan fingerprint density at radius 1 is 1.20 bits per heavy atom.